The van der Waals surface area contributed by atoms with Crippen LogP contribution in [0.4, 0.5) is 0 Å². The Balaban J connectivity index is 1.38. The van der Waals surface area contributed by atoms with Crippen molar-refractivity contribution in [1.82, 2.24) is 15.4 Å². The SMILES string of the molecule is N#Cc1ccc2[nH]cc(C(c3ccc(C(=O)N/N=C/c4cccc(O)c4O)cc3)c3c[nH]c4ccc(C#N)cc34)c2c1. The van der Waals surface area contributed by atoms with Gasteiger partial charge in [0.25, 0.3) is 5.91 Å². The minimum absolute atomic E-state index is 0.255. The molecule has 6 rings (SSSR count). The Morgan fingerprint density at radius 1 is 0.833 bits per heavy atom. The highest BCUT2D eigenvalue weighted by Crippen LogP contribution is 2.40. The third-order valence-corrected chi connectivity index (χ3v) is 7.23. The molecule has 0 saturated heterocycles. The number of carbonyl (C=O) groups excluding carboxylic acids is 1. The molecule has 9 heteroatoms. The van der Waals surface area contributed by atoms with Crippen LogP contribution in [0.15, 0.2) is 96.4 Å². The molecule has 2 heterocycles. The van der Waals surface area contributed by atoms with E-state index in [1.165, 1.54) is 12.3 Å². The highest BCUT2D eigenvalue weighted by atomic mass is 16.3. The number of aromatic nitrogens is 2. The van der Waals surface area contributed by atoms with Crippen LogP contribution >= 0.6 is 0 Å². The van der Waals surface area contributed by atoms with Crippen molar-refractivity contribution in [3.05, 3.63) is 130 Å². The maximum Gasteiger partial charge on any atom is 0.271 e. The fraction of sp³-hybridized carbons (Fsp3) is 0.0303. The number of nitrogens with one attached hydrogen (secondary N) is 3. The van der Waals surface area contributed by atoms with Gasteiger partial charge in [0.1, 0.15) is 0 Å². The van der Waals surface area contributed by atoms with Crippen molar-refractivity contribution in [3.8, 4) is 23.6 Å². The number of benzene rings is 4. The van der Waals surface area contributed by atoms with Gasteiger partial charge in [-0.1, -0.05) is 18.2 Å². The van der Waals surface area contributed by atoms with Gasteiger partial charge in [-0.15, -0.1) is 0 Å². The maximum absolute atomic E-state index is 12.8. The van der Waals surface area contributed by atoms with Gasteiger partial charge >= 0.3 is 0 Å². The molecule has 1 amide bonds. The smallest absolute Gasteiger partial charge is 0.271 e. The van der Waals surface area contributed by atoms with Crippen molar-refractivity contribution in [2.75, 3.05) is 0 Å². The fourth-order valence-corrected chi connectivity index (χ4v) is 5.13. The van der Waals surface area contributed by atoms with Crippen molar-refractivity contribution in [1.29, 1.82) is 10.5 Å². The zero-order chi connectivity index (χ0) is 29.2. The number of hydrogen-bond acceptors (Lipinski definition) is 6. The topological polar surface area (TPSA) is 161 Å². The molecule has 0 bridgehead atoms. The lowest BCUT2D eigenvalue weighted by molar-refractivity contribution is 0.0955. The van der Waals surface area contributed by atoms with Crippen LogP contribution in [0.2, 0.25) is 0 Å². The van der Waals surface area contributed by atoms with Gasteiger partial charge in [-0.25, -0.2) is 5.43 Å². The van der Waals surface area contributed by atoms with E-state index in [0.29, 0.717) is 16.7 Å². The number of rotatable bonds is 6. The number of hydrogen-bond donors (Lipinski definition) is 5. The van der Waals surface area contributed by atoms with E-state index in [2.05, 4.69) is 32.6 Å². The molecule has 0 aliphatic heterocycles. The molecule has 0 fully saturated rings. The third-order valence-electron chi connectivity index (χ3n) is 7.23. The first-order valence-electron chi connectivity index (χ1n) is 12.9. The van der Waals surface area contributed by atoms with Gasteiger partial charge in [0.05, 0.1) is 29.5 Å². The molecular formula is C33H22N6O3. The predicted molar refractivity (Wildman–Crippen MR) is 158 cm³/mol. The first-order valence-corrected chi connectivity index (χ1v) is 12.9. The van der Waals surface area contributed by atoms with Gasteiger partial charge in [-0.05, 0) is 77.4 Å². The zero-order valence-electron chi connectivity index (χ0n) is 22.0. The molecule has 0 unspecified atom stereocenters. The number of para-hydroxylation sites is 1. The highest BCUT2D eigenvalue weighted by molar-refractivity contribution is 5.95. The van der Waals surface area contributed by atoms with Crippen molar-refractivity contribution in [3.63, 3.8) is 0 Å². The largest absolute Gasteiger partial charge is 0.504 e. The Bertz CT molecular complexity index is 2000. The number of nitrogens with zero attached hydrogens (tertiary/aromatic N) is 3. The van der Waals surface area contributed by atoms with Crippen LogP contribution in [0.3, 0.4) is 0 Å². The summed E-state index contributed by atoms with van der Waals surface area (Å²) < 4.78 is 0. The summed E-state index contributed by atoms with van der Waals surface area (Å²) in [5.41, 5.74) is 8.70. The quantitative estimate of drug-likeness (QED) is 0.101. The van der Waals surface area contributed by atoms with Crippen molar-refractivity contribution in [2.45, 2.75) is 5.92 Å². The first kappa shape index (κ1) is 25.9. The number of aromatic amines is 2. The first-order chi connectivity index (χ1) is 20.5. The lowest BCUT2D eigenvalue weighted by Gasteiger charge is -2.18. The van der Waals surface area contributed by atoms with Gasteiger partial charge < -0.3 is 20.2 Å². The van der Waals surface area contributed by atoms with E-state index in [0.717, 1.165) is 38.5 Å². The van der Waals surface area contributed by atoms with Gasteiger partial charge in [0.2, 0.25) is 0 Å². The summed E-state index contributed by atoms with van der Waals surface area (Å²) in [5, 5.41) is 44.3. The Kier molecular flexibility index (Phi) is 6.60. The average Bonchev–Trinajstić information content (AvgIpc) is 3.63. The molecule has 0 atom stereocenters. The second-order valence-electron chi connectivity index (χ2n) is 9.70. The molecular weight excluding hydrogens is 528 g/mol. The summed E-state index contributed by atoms with van der Waals surface area (Å²) in [4.78, 5) is 19.4. The molecule has 0 spiro atoms. The normalized spacial score (nSPS) is 11.2. The van der Waals surface area contributed by atoms with Crippen LogP contribution < -0.4 is 5.43 Å². The number of phenols is 2. The van der Waals surface area contributed by atoms with E-state index < -0.39 is 5.91 Å². The Morgan fingerprint density at radius 3 is 2.00 bits per heavy atom. The number of nitriles is 2. The number of carbonyl (C=O) groups is 1. The number of hydrazone groups is 1. The second kappa shape index (κ2) is 10.7. The number of phenolic OH excluding ortho intramolecular Hbond substituents is 2. The lowest BCUT2D eigenvalue weighted by Crippen LogP contribution is -2.17. The molecule has 6 aromatic rings. The lowest BCUT2D eigenvalue weighted by atomic mass is 9.84. The number of fused-ring (bicyclic) bond motifs is 2. The summed E-state index contributed by atoms with van der Waals surface area (Å²) in [6.07, 6.45) is 5.10. The molecule has 0 aliphatic carbocycles. The molecule has 202 valence electrons. The fourth-order valence-electron chi connectivity index (χ4n) is 5.13. The third kappa shape index (κ3) is 4.68. The van der Waals surface area contributed by atoms with Gasteiger partial charge in [-0.2, -0.15) is 15.6 Å². The molecule has 4 aromatic carbocycles. The van der Waals surface area contributed by atoms with E-state index in [1.807, 2.05) is 48.8 Å². The monoisotopic (exact) mass is 550 g/mol. The van der Waals surface area contributed by atoms with Crippen molar-refractivity contribution < 1.29 is 15.0 Å². The number of amides is 1. The minimum Gasteiger partial charge on any atom is -0.504 e. The maximum atomic E-state index is 12.8. The van der Waals surface area contributed by atoms with Gasteiger partial charge in [0, 0.05) is 51.2 Å². The highest BCUT2D eigenvalue weighted by Gasteiger charge is 2.24. The van der Waals surface area contributed by atoms with E-state index in [4.69, 9.17) is 0 Å². The number of aromatic hydroxyl groups is 2. The van der Waals surface area contributed by atoms with Gasteiger partial charge in [0.15, 0.2) is 11.5 Å². The predicted octanol–water partition coefficient (Wildman–Crippen LogP) is 5.75. The van der Waals surface area contributed by atoms with Crippen LogP contribution in [0.5, 0.6) is 11.5 Å². The zero-order valence-corrected chi connectivity index (χ0v) is 22.0. The molecule has 5 N–H and O–H groups in total. The van der Waals surface area contributed by atoms with Crippen LogP contribution in [-0.2, 0) is 0 Å². The van der Waals surface area contributed by atoms with Crippen LogP contribution in [0.1, 0.15) is 49.7 Å². The molecule has 0 saturated carbocycles. The van der Waals surface area contributed by atoms with Crippen LogP contribution in [0, 0.1) is 22.7 Å². The van der Waals surface area contributed by atoms with E-state index in [9.17, 15) is 25.5 Å². The minimum atomic E-state index is -0.453. The van der Waals surface area contributed by atoms with Gasteiger partial charge in [-0.3, -0.25) is 4.79 Å². The summed E-state index contributed by atoms with van der Waals surface area (Å²) in [7, 11) is 0. The molecule has 2 aromatic heterocycles. The second-order valence-corrected chi connectivity index (χ2v) is 9.70. The van der Waals surface area contributed by atoms with E-state index in [-0.39, 0.29) is 23.0 Å². The standard InChI is InChI=1S/C33H22N6O3/c34-14-19-4-10-28-24(12-19)26(17-36-28)31(27-18-37-29-11-5-20(15-35)13-25(27)29)21-6-8-22(9-7-21)33(42)39-38-16-23-2-1-3-30(40)32(23)41/h1-13,16-18,31,36-37,40-41H,(H,39,42)/b38-16+. The molecule has 42 heavy (non-hydrogen) atoms. The summed E-state index contributed by atoms with van der Waals surface area (Å²) >= 11 is 0. The average molecular weight is 551 g/mol. The summed E-state index contributed by atoms with van der Waals surface area (Å²) in [5.74, 6) is -1.36. The summed E-state index contributed by atoms with van der Waals surface area (Å²) in [6, 6.07) is 27.0. The van der Waals surface area contributed by atoms with Crippen molar-refractivity contribution in [2.24, 2.45) is 5.10 Å². The van der Waals surface area contributed by atoms with Crippen LogP contribution in [-0.4, -0.2) is 32.3 Å². The number of H-pyrrole nitrogens is 2. The molecule has 0 radical (unpaired) electrons. The van der Waals surface area contributed by atoms with E-state index >= 15 is 0 Å². The van der Waals surface area contributed by atoms with E-state index in [1.54, 1.807) is 36.4 Å². The van der Waals surface area contributed by atoms with Crippen LogP contribution in [0.25, 0.3) is 21.8 Å². The molecule has 0 aliphatic rings. The Hall–Kier alpha value is -6.32. The van der Waals surface area contributed by atoms with Crippen molar-refractivity contribution >= 4 is 33.9 Å². The Morgan fingerprint density at radius 2 is 1.43 bits per heavy atom. The Labute approximate surface area is 239 Å². The molecule has 9 nitrogen and oxygen atoms in total. The summed E-state index contributed by atoms with van der Waals surface area (Å²) in [6.45, 7) is 0.